The van der Waals surface area contributed by atoms with Gasteiger partial charge in [0.1, 0.15) is 22.3 Å². The van der Waals surface area contributed by atoms with E-state index in [4.69, 9.17) is 23.8 Å². The summed E-state index contributed by atoms with van der Waals surface area (Å²) in [5.41, 5.74) is 10.4. The van der Waals surface area contributed by atoms with Gasteiger partial charge in [0, 0.05) is 60.0 Å². The van der Waals surface area contributed by atoms with E-state index in [2.05, 4.69) is 109 Å². The minimum Gasteiger partial charge on any atom is -0.456 e. The summed E-state index contributed by atoms with van der Waals surface area (Å²) in [7, 11) is 0. The van der Waals surface area contributed by atoms with E-state index in [1.165, 1.54) is 0 Å². The summed E-state index contributed by atoms with van der Waals surface area (Å²) in [5.74, 6) is 0.588. The van der Waals surface area contributed by atoms with Crippen LogP contribution in [-0.2, 0) is 0 Å². The van der Waals surface area contributed by atoms with Crippen molar-refractivity contribution in [2.45, 2.75) is 0 Å². The van der Waals surface area contributed by atoms with Crippen LogP contribution in [0.15, 0.2) is 173 Å². The van der Waals surface area contributed by atoms with Crippen LogP contribution in [0.25, 0.3) is 111 Å². The molecule has 0 aliphatic rings. The zero-order valence-corrected chi connectivity index (χ0v) is 27.7. The van der Waals surface area contributed by atoms with Gasteiger partial charge in [0.15, 0.2) is 5.82 Å². The van der Waals surface area contributed by atoms with Crippen LogP contribution in [-0.4, -0.2) is 15.0 Å². The van der Waals surface area contributed by atoms with E-state index in [1.54, 1.807) is 0 Å². The summed E-state index contributed by atoms with van der Waals surface area (Å²) in [4.78, 5) is 16.1. The molecule has 0 unspecified atom stereocenters. The summed E-state index contributed by atoms with van der Waals surface area (Å²) >= 11 is 0. The second-order valence-corrected chi connectivity index (χ2v) is 13.1. The number of pyridine rings is 1. The highest BCUT2D eigenvalue weighted by Gasteiger charge is 2.21. The molecule has 0 atom stereocenters. The Balaban J connectivity index is 1.25. The van der Waals surface area contributed by atoms with Crippen molar-refractivity contribution in [1.29, 1.82) is 0 Å². The van der Waals surface area contributed by atoms with Crippen molar-refractivity contribution in [1.82, 2.24) is 15.0 Å². The summed E-state index contributed by atoms with van der Waals surface area (Å²) in [6, 6.07) is 55.9. The number of furan rings is 2. The number of benzene rings is 7. The molecule has 0 saturated carbocycles. The third-order valence-corrected chi connectivity index (χ3v) is 10.1. The second kappa shape index (κ2) is 11.2. The maximum absolute atomic E-state index is 6.50. The van der Waals surface area contributed by atoms with Gasteiger partial charge in [-0.05, 0) is 42.5 Å². The van der Waals surface area contributed by atoms with Crippen molar-refractivity contribution in [3.05, 3.63) is 164 Å². The van der Waals surface area contributed by atoms with Crippen LogP contribution in [0.1, 0.15) is 0 Å². The Morgan fingerprint density at radius 3 is 1.81 bits per heavy atom. The Labute approximate surface area is 297 Å². The maximum Gasteiger partial charge on any atom is 0.162 e. The lowest BCUT2D eigenvalue weighted by Crippen LogP contribution is -1.98. The lowest BCUT2D eigenvalue weighted by atomic mass is 9.94. The number of hydrogen-bond donors (Lipinski definition) is 0. The first-order valence-electron chi connectivity index (χ1n) is 17.4. The van der Waals surface area contributed by atoms with Crippen LogP contribution in [0, 0.1) is 0 Å². The molecule has 11 aromatic rings. The van der Waals surface area contributed by atoms with E-state index >= 15 is 0 Å². The van der Waals surface area contributed by atoms with E-state index in [0.717, 1.165) is 105 Å². The van der Waals surface area contributed by atoms with Crippen molar-refractivity contribution < 1.29 is 8.83 Å². The minimum atomic E-state index is 0.588. The van der Waals surface area contributed by atoms with Gasteiger partial charge in [-0.15, -0.1) is 0 Å². The Kier molecular flexibility index (Phi) is 6.18. The molecule has 4 heterocycles. The van der Waals surface area contributed by atoms with Gasteiger partial charge in [-0.2, -0.15) is 0 Å². The number of nitrogens with zero attached hydrogens (tertiary/aromatic N) is 3. The molecule has 0 saturated heterocycles. The third-order valence-electron chi connectivity index (χ3n) is 10.1. The van der Waals surface area contributed by atoms with Crippen molar-refractivity contribution >= 4 is 65.6 Å². The lowest BCUT2D eigenvalue weighted by molar-refractivity contribution is 0.669. The van der Waals surface area contributed by atoms with Crippen molar-refractivity contribution in [3.63, 3.8) is 0 Å². The van der Waals surface area contributed by atoms with Crippen molar-refractivity contribution in [2.75, 3.05) is 0 Å². The van der Waals surface area contributed by atoms with Crippen molar-refractivity contribution in [2.24, 2.45) is 0 Å². The van der Waals surface area contributed by atoms with E-state index < -0.39 is 0 Å². The molecule has 242 valence electrons. The molecule has 0 N–H and O–H groups in total. The summed E-state index contributed by atoms with van der Waals surface area (Å²) in [5, 5.41) is 7.45. The Morgan fingerprint density at radius 2 is 1.00 bits per heavy atom. The normalized spacial score (nSPS) is 11.8. The average molecular weight is 666 g/mol. The molecule has 0 spiro atoms. The second-order valence-electron chi connectivity index (χ2n) is 13.1. The standard InChI is InChI=1S/C47H27N3O2/c1-3-13-28(14-4-1)37-27-38(32-20-11-19-31-30-17-7-9-23-39(30)52-46(31)32)49-47(48-37)36-22-12-21-34-42-35(44(50-45(34)36)29-15-5-2-6-16-29)25-26-41-43(42)33-18-8-10-24-40(33)51-41/h1-27H. The Bertz CT molecular complexity index is 3180. The van der Waals surface area contributed by atoms with Crippen LogP contribution in [0.3, 0.4) is 0 Å². The lowest BCUT2D eigenvalue weighted by Gasteiger charge is -2.15. The molecule has 0 aliphatic carbocycles. The highest BCUT2D eigenvalue weighted by atomic mass is 16.3. The largest absolute Gasteiger partial charge is 0.456 e. The van der Waals surface area contributed by atoms with Gasteiger partial charge in [0.2, 0.25) is 0 Å². The molecule has 0 amide bonds. The fraction of sp³-hybridized carbons (Fsp3) is 0. The molecule has 52 heavy (non-hydrogen) atoms. The van der Waals surface area contributed by atoms with Gasteiger partial charge in [-0.25, -0.2) is 15.0 Å². The first-order valence-corrected chi connectivity index (χ1v) is 17.4. The van der Waals surface area contributed by atoms with Crippen LogP contribution >= 0.6 is 0 Å². The maximum atomic E-state index is 6.50. The van der Waals surface area contributed by atoms with Gasteiger partial charge >= 0.3 is 0 Å². The quantitative estimate of drug-likeness (QED) is 0.175. The fourth-order valence-corrected chi connectivity index (χ4v) is 7.74. The molecular weight excluding hydrogens is 639 g/mol. The Morgan fingerprint density at radius 1 is 0.365 bits per heavy atom. The molecule has 0 fully saturated rings. The predicted molar refractivity (Wildman–Crippen MR) is 211 cm³/mol. The van der Waals surface area contributed by atoms with Gasteiger partial charge in [-0.3, -0.25) is 0 Å². The van der Waals surface area contributed by atoms with Crippen molar-refractivity contribution in [3.8, 4) is 45.2 Å². The summed E-state index contributed by atoms with van der Waals surface area (Å²) < 4.78 is 12.9. The molecule has 11 rings (SSSR count). The molecular formula is C47H27N3O2. The highest BCUT2D eigenvalue weighted by molar-refractivity contribution is 6.29. The SMILES string of the molecule is c1ccc(-c2cc(-c3cccc4c3oc3ccccc34)nc(-c3cccc4c3nc(-c3ccccc3)c3ccc5oc6ccccc6c5c34)n2)cc1. The Hall–Kier alpha value is -7.11. The number of rotatable bonds is 4. The van der Waals surface area contributed by atoms with Gasteiger partial charge in [0.25, 0.3) is 0 Å². The fourth-order valence-electron chi connectivity index (χ4n) is 7.74. The van der Waals surface area contributed by atoms with Crippen LogP contribution in [0.5, 0.6) is 0 Å². The molecule has 7 aromatic carbocycles. The smallest absolute Gasteiger partial charge is 0.162 e. The topological polar surface area (TPSA) is 65.0 Å². The molecule has 0 bridgehead atoms. The van der Waals surface area contributed by atoms with Gasteiger partial charge < -0.3 is 8.83 Å². The van der Waals surface area contributed by atoms with Gasteiger partial charge in [-0.1, -0.05) is 121 Å². The minimum absolute atomic E-state index is 0.588. The number of hydrogen-bond acceptors (Lipinski definition) is 5. The summed E-state index contributed by atoms with van der Waals surface area (Å²) in [6.45, 7) is 0. The first-order chi connectivity index (χ1) is 25.8. The molecule has 5 heteroatoms. The molecule has 4 aromatic heterocycles. The summed E-state index contributed by atoms with van der Waals surface area (Å²) in [6.07, 6.45) is 0. The zero-order valence-electron chi connectivity index (χ0n) is 27.7. The number of aromatic nitrogens is 3. The van der Waals surface area contributed by atoms with Crippen LogP contribution in [0.2, 0.25) is 0 Å². The molecule has 5 nitrogen and oxygen atoms in total. The first kappa shape index (κ1) is 28.7. The highest BCUT2D eigenvalue weighted by Crippen LogP contribution is 2.43. The monoisotopic (exact) mass is 665 g/mol. The predicted octanol–water partition coefficient (Wildman–Crippen LogP) is 12.6. The number of para-hydroxylation sites is 4. The molecule has 0 radical (unpaired) electrons. The van der Waals surface area contributed by atoms with Crippen LogP contribution < -0.4 is 0 Å². The van der Waals surface area contributed by atoms with E-state index in [9.17, 15) is 0 Å². The van der Waals surface area contributed by atoms with E-state index in [0.29, 0.717) is 5.82 Å². The average Bonchev–Trinajstić information content (AvgIpc) is 3.79. The number of fused-ring (bicyclic) bond motifs is 10. The third kappa shape index (κ3) is 4.33. The van der Waals surface area contributed by atoms with Gasteiger partial charge in [0.05, 0.1) is 22.6 Å². The van der Waals surface area contributed by atoms with Crippen LogP contribution in [0.4, 0.5) is 0 Å². The van der Waals surface area contributed by atoms with E-state index in [-0.39, 0.29) is 0 Å². The van der Waals surface area contributed by atoms with E-state index in [1.807, 2.05) is 54.6 Å². The zero-order chi connectivity index (χ0) is 34.2. The molecule has 0 aliphatic heterocycles.